The van der Waals surface area contributed by atoms with E-state index in [9.17, 15) is 19.2 Å². The third-order valence-electron chi connectivity index (χ3n) is 5.57. The average Bonchev–Trinajstić information content (AvgIpc) is 2.78. The number of nitriles is 1. The van der Waals surface area contributed by atoms with Crippen molar-refractivity contribution in [3.8, 4) is 6.07 Å². The van der Waals surface area contributed by atoms with Crippen molar-refractivity contribution in [1.29, 1.82) is 5.26 Å². The molecule has 2 fully saturated rings. The zero-order valence-corrected chi connectivity index (χ0v) is 17.2. The van der Waals surface area contributed by atoms with Crippen LogP contribution in [0.3, 0.4) is 0 Å². The fourth-order valence-electron chi connectivity index (χ4n) is 3.82. The van der Waals surface area contributed by atoms with E-state index in [4.69, 9.17) is 4.74 Å². The number of hydrogen-bond donors (Lipinski definition) is 0. The highest BCUT2D eigenvalue weighted by Crippen LogP contribution is 2.21. The Hall–Kier alpha value is -3.08. The molecule has 160 valence electrons. The number of ether oxygens (including phenoxy) is 1. The first kappa shape index (κ1) is 21.6. The van der Waals surface area contributed by atoms with E-state index in [-0.39, 0.29) is 29.2 Å². The van der Waals surface area contributed by atoms with Crippen LogP contribution in [0, 0.1) is 23.1 Å². The SMILES string of the molecule is CCOC(=O)C1CCN(C(=O)/C(C#N)=C\N2CCN(c3ccc(F)cc3)CC2)CC1. The highest BCUT2D eigenvalue weighted by molar-refractivity contribution is 5.97. The van der Waals surface area contributed by atoms with E-state index >= 15 is 0 Å². The fraction of sp³-hybridized carbons (Fsp3) is 0.500. The molecule has 0 aliphatic carbocycles. The third kappa shape index (κ3) is 5.29. The maximum atomic E-state index is 13.1. The van der Waals surface area contributed by atoms with Crippen LogP contribution in [0.15, 0.2) is 36.0 Å². The lowest BCUT2D eigenvalue weighted by Gasteiger charge is -2.36. The highest BCUT2D eigenvalue weighted by atomic mass is 19.1. The van der Waals surface area contributed by atoms with E-state index in [0.717, 1.165) is 18.8 Å². The van der Waals surface area contributed by atoms with Gasteiger partial charge < -0.3 is 19.4 Å². The van der Waals surface area contributed by atoms with Crippen LogP contribution in [0.25, 0.3) is 0 Å². The van der Waals surface area contributed by atoms with Crippen LogP contribution in [0.2, 0.25) is 0 Å². The van der Waals surface area contributed by atoms with Gasteiger partial charge in [-0.1, -0.05) is 0 Å². The number of piperazine rings is 1. The number of anilines is 1. The quantitative estimate of drug-likeness (QED) is 0.418. The Morgan fingerprint density at radius 2 is 1.77 bits per heavy atom. The molecule has 0 bridgehead atoms. The number of nitrogens with zero attached hydrogens (tertiary/aromatic N) is 4. The summed E-state index contributed by atoms with van der Waals surface area (Å²) >= 11 is 0. The summed E-state index contributed by atoms with van der Waals surface area (Å²) in [5.41, 5.74) is 1.07. The minimum Gasteiger partial charge on any atom is -0.466 e. The molecule has 2 aliphatic rings. The zero-order valence-electron chi connectivity index (χ0n) is 17.2. The third-order valence-corrected chi connectivity index (χ3v) is 5.57. The number of hydrogen-bond acceptors (Lipinski definition) is 6. The summed E-state index contributed by atoms with van der Waals surface area (Å²) in [7, 11) is 0. The normalized spacial score (nSPS) is 18.2. The summed E-state index contributed by atoms with van der Waals surface area (Å²) in [4.78, 5) is 30.4. The molecule has 1 aromatic carbocycles. The van der Waals surface area contributed by atoms with Crippen molar-refractivity contribution in [3.05, 3.63) is 41.9 Å². The Balaban J connectivity index is 1.53. The number of amides is 1. The summed E-state index contributed by atoms with van der Waals surface area (Å²) in [5.74, 6) is -0.938. The lowest BCUT2D eigenvalue weighted by Crippen LogP contribution is -2.45. The second-order valence-corrected chi connectivity index (χ2v) is 7.47. The summed E-state index contributed by atoms with van der Waals surface area (Å²) in [6, 6.07) is 8.43. The second-order valence-electron chi connectivity index (χ2n) is 7.47. The lowest BCUT2D eigenvalue weighted by molar-refractivity contribution is -0.150. The molecule has 1 aromatic rings. The van der Waals surface area contributed by atoms with E-state index in [1.54, 1.807) is 30.2 Å². The number of piperidine rings is 1. The van der Waals surface area contributed by atoms with E-state index < -0.39 is 0 Å². The number of benzene rings is 1. The molecular formula is C22H27FN4O3. The van der Waals surface area contributed by atoms with Crippen LogP contribution in [-0.4, -0.2) is 67.6 Å². The molecule has 0 saturated carbocycles. The Kier molecular flexibility index (Phi) is 7.28. The van der Waals surface area contributed by atoms with Gasteiger partial charge in [0.25, 0.3) is 5.91 Å². The summed E-state index contributed by atoms with van der Waals surface area (Å²) < 4.78 is 18.2. The van der Waals surface area contributed by atoms with E-state index in [1.807, 2.05) is 11.0 Å². The van der Waals surface area contributed by atoms with Crippen LogP contribution in [0.5, 0.6) is 0 Å². The number of halogens is 1. The molecule has 2 aliphatic heterocycles. The van der Waals surface area contributed by atoms with Crippen LogP contribution >= 0.6 is 0 Å². The van der Waals surface area contributed by atoms with Gasteiger partial charge in [-0.25, -0.2) is 4.39 Å². The zero-order chi connectivity index (χ0) is 21.5. The predicted octanol–water partition coefficient (Wildman–Crippen LogP) is 2.16. The van der Waals surface area contributed by atoms with Gasteiger partial charge in [0.2, 0.25) is 0 Å². The molecule has 3 rings (SSSR count). The average molecular weight is 414 g/mol. The van der Waals surface area contributed by atoms with Gasteiger partial charge >= 0.3 is 5.97 Å². The number of likely N-dealkylation sites (tertiary alicyclic amines) is 1. The van der Waals surface area contributed by atoms with Crippen molar-refractivity contribution in [2.24, 2.45) is 5.92 Å². The van der Waals surface area contributed by atoms with Crippen molar-refractivity contribution < 1.29 is 18.7 Å². The van der Waals surface area contributed by atoms with Crippen molar-refractivity contribution >= 4 is 17.6 Å². The molecule has 30 heavy (non-hydrogen) atoms. The van der Waals surface area contributed by atoms with Crippen LogP contribution in [0.1, 0.15) is 19.8 Å². The first-order valence-corrected chi connectivity index (χ1v) is 10.3. The highest BCUT2D eigenvalue weighted by Gasteiger charge is 2.30. The first-order valence-electron chi connectivity index (χ1n) is 10.3. The predicted molar refractivity (Wildman–Crippen MR) is 110 cm³/mol. The molecule has 1 amide bonds. The van der Waals surface area contributed by atoms with Crippen molar-refractivity contribution in [2.45, 2.75) is 19.8 Å². The van der Waals surface area contributed by atoms with Crippen molar-refractivity contribution in [2.75, 3.05) is 50.8 Å². The molecule has 7 nitrogen and oxygen atoms in total. The molecule has 2 heterocycles. The standard InChI is InChI=1S/C22H27FN4O3/c1-2-30-22(29)17-7-9-27(10-8-17)21(28)18(15-24)16-25-11-13-26(14-12-25)20-5-3-19(23)4-6-20/h3-6,16-17H,2,7-14H2,1H3/b18-16-. The maximum Gasteiger partial charge on any atom is 0.309 e. The topological polar surface area (TPSA) is 76.9 Å². The van der Waals surface area contributed by atoms with Crippen molar-refractivity contribution in [3.63, 3.8) is 0 Å². The monoisotopic (exact) mass is 414 g/mol. The maximum absolute atomic E-state index is 13.1. The Morgan fingerprint density at radius 3 is 2.33 bits per heavy atom. The molecule has 0 radical (unpaired) electrons. The number of carbonyl (C=O) groups is 2. The van der Waals surface area contributed by atoms with Gasteiger partial charge in [0.1, 0.15) is 17.5 Å². The number of esters is 1. The first-order chi connectivity index (χ1) is 14.5. The Labute approximate surface area is 176 Å². The van der Waals surface area contributed by atoms with Gasteiger partial charge in [0, 0.05) is 51.2 Å². The molecule has 0 N–H and O–H groups in total. The molecule has 0 spiro atoms. The molecule has 2 saturated heterocycles. The summed E-state index contributed by atoms with van der Waals surface area (Å²) in [6.07, 6.45) is 2.75. The van der Waals surface area contributed by atoms with Crippen molar-refractivity contribution in [1.82, 2.24) is 9.80 Å². The minimum absolute atomic E-state index is 0.111. The summed E-state index contributed by atoms with van der Waals surface area (Å²) in [6.45, 7) is 5.80. The minimum atomic E-state index is -0.291. The smallest absolute Gasteiger partial charge is 0.309 e. The van der Waals surface area contributed by atoms with Gasteiger partial charge in [0.05, 0.1) is 12.5 Å². The van der Waals surface area contributed by atoms with Gasteiger partial charge in [0.15, 0.2) is 0 Å². The largest absolute Gasteiger partial charge is 0.466 e. The Bertz CT molecular complexity index is 818. The molecule has 0 atom stereocenters. The molecule has 0 aromatic heterocycles. The van der Waals surface area contributed by atoms with Gasteiger partial charge in [-0.05, 0) is 44.0 Å². The lowest BCUT2D eigenvalue weighted by atomic mass is 9.96. The van der Waals surface area contributed by atoms with E-state index in [2.05, 4.69) is 4.90 Å². The number of carbonyl (C=O) groups excluding carboxylic acids is 2. The summed E-state index contributed by atoms with van der Waals surface area (Å²) in [5, 5.41) is 9.51. The van der Waals surface area contributed by atoms with Gasteiger partial charge in [-0.15, -0.1) is 0 Å². The Morgan fingerprint density at radius 1 is 1.13 bits per heavy atom. The fourth-order valence-corrected chi connectivity index (χ4v) is 3.82. The molecular weight excluding hydrogens is 387 g/mol. The molecule has 0 unspecified atom stereocenters. The van der Waals surface area contributed by atoms with Gasteiger partial charge in [-0.3, -0.25) is 9.59 Å². The second kappa shape index (κ2) is 10.1. The van der Waals surface area contributed by atoms with E-state index in [1.165, 1.54) is 12.1 Å². The number of rotatable bonds is 5. The molecule has 8 heteroatoms. The van der Waals surface area contributed by atoms with Gasteiger partial charge in [-0.2, -0.15) is 5.26 Å². The van der Waals surface area contributed by atoms with Crippen LogP contribution < -0.4 is 4.90 Å². The van der Waals surface area contributed by atoms with Crippen LogP contribution in [0.4, 0.5) is 10.1 Å². The van der Waals surface area contributed by atoms with Crippen LogP contribution in [-0.2, 0) is 14.3 Å². The van der Waals surface area contributed by atoms with E-state index in [0.29, 0.717) is 45.6 Å².